The normalized spacial score (nSPS) is 11.0. The van der Waals surface area contributed by atoms with Crippen molar-refractivity contribution in [3.05, 3.63) is 23.8 Å². The second kappa shape index (κ2) is 5.82. The van der Waals surface area contributed by atoms with Crippen LogP contribution in [0.25, 0.3) is 0 Å². The third-order valence-corrected chi connectivity index (χ3v) is 2.34. The van der Waals surface area contributed by atoms with Gasteiger partial charge in [-0.2, -0.15) is 0 Å². The van der Waals surface area contributed by atoms with Gasteiger partial charge in [0.25, 0.3) is 0 Å². The maximum absolute atomic E-state index is 11.9. The summed E-state index contributed by atoms with van der Waals surface area (Å²) in [5.41, 5.74) is 6.77. The second-order valence-corrected chi connectivity index (χ2v) is 5.28. The highest BCUT2D eigenvalue weighted by molar-refractivity contribution is 5.67. The molecule has 2 N–H and O–H groups in total. The van der Waals surface area contributed by atoms with Gasteiger partial charge in [0.15, 0.2) is 5.75 Å². The molecule has 106 valence electrons. The molecule has 0 heterocycles. The number of carbonyl (C=O) groups is 1. The zero-order chi connectivity index (χ0) is 14.6. The van der Waals surface area contributed by atoms with Crippen LogP contribution >= 0.6 is 0 Å². The highest BCUT2D eigenvalue weighted by Crippen LogP contribution is 2.20. The van der Waals surface area contributed by atoms with Crippen LogP contribution in [0.3, 0.4) is 0 Å². The van der Waals surface area contributed by atoms with Gasteiger partial charge in [-0.05, 0) is 58.4 Å². The molecule has 0 saturated heterocycles. The number of hydrogen-bond acceptors (Lipinski definition) is 4. The SMILES string of the molecule is CCN(Oc1ccc(N)c(C)c1)C(=O)OC(C)(C)C. The van der Waals surface area contributed by atoms with Crippen LogP contribution in [0.1, 0.15) is 33.3 Å². The lowest BCUT2D eigenvalue weighted by molar-refractivity contribution is -0.0694. The molecule has 0 saturated carbocycles. The van der Waals surface area contributed by atoms with E-state index in [2.05, 4.69) is 0 Å². The predicted octanol–water partition coefficient (Wildman–Crippen LogP) is 3.13. The lowest BCUT2D eigenvalue weighted by Gasteiger charge is -2.26. The highest BCUT2D eigenvalue weighted by Gasteiger charge is 2.22. The van der Waals surface area contributed by atoms with Crippen LogP contribution in [-0.4, -0.2) is 23.3 Å². The third kappa shape index (κ3) is 4.69. The smallest absolute Gasteiger partial charge is 0.442 e. The highest BCUT2D eigenvalue weighted by atomic mass is 16.7. The van der Waals surface area contributed by atoms with Gasteiger partial charge in [-0.25, -0.2) is 4.79 Å². The van der Waals surface area contributed by atoms with Crippen LogP contribution in [0, 0.1) is 6.92 Å². The Balaban J connectivity index is 2.76. The number of benzene rings is 1. The summed E-state index contributed by atoms with van der Waals surface area (Å²) in [5, 5.41) is 1.18. The van der Waals surface area contributed by atoms with E-state index in [9.17, 15) is 4.79 Å². The Bertz CT molecular complexity index is 452. The monoisotopic (exact) mass is 266 g/mol. The Hall–Kier alpha value is -1.91. The molecule has 1 rings (SSSR count). The van der Waals surface area contributed by atoms with E-state index in [1.165, 1.54) is 5.06 Å². The Morgan fingerprint density at radius 3 is 2.47 bits per heavy atom. The van der Waals surface area contributed by atoms with Gasteiger partial charge >= 0.3 is 6.09 Å². The van der Waals surface area contributed by atoms with Crippen LogP contribution in [0.5, 0.6) is 5.75 Å². The number of aryl methyl sites for hydroxylation is 1. The molecule has 0 spiro atoms. The van der Waals surface area contributed by atoms with E-state index in [1.807, 2.05) is 34.6 Å². The Labute approximate surface area is 114 Å². The molecule has 0 aliphatic heterocycles. The molecule has 19 heavy (non-hydrogen) atoms. The molecule has 0 atom stereocenters. The molecule has 0 radical (unpaired) electrons. The number of nitrogen functional groups attached to an aromatic ring is 1. The summed E-state index contributed by atoms with van der Waals surface area (Å²) in [4.78, 5) is 17.4. The summed E-state index contributed by atoms with van der Waals surface area (Å²) in [5.74, 6) is 0.555. The van der Waals surface area contributed by atoms with Crippen molar-refractivity contribution in [2.24, 2.45) is 0 Å². The maximum Gasteiger partial charge on any atom is 0.443 e. The van der Waals surface area contributed by atoms with E-state index < -0.39 is 11.7 Å². The molecule has 5 heteroatoms. The molecule has 1 aromatic rings. The van der Waals surface area contributed by atoms with Crippen LogP contribution < -0.4 is 10.6 Å². The largest absolute Gasteiger partial charge is 0.443 e. The summed E-state index contributed by atoms with van der Waals surface area (Å²) in [6, 6.07) is 5.24. The molecule has 0 aromatic heterocycles. The fraction of sp³-hybridized carbons (Fsp3) is 0.500. The minimum atomic E-state index is -0.551. The zero-order valence-electron chi connectivity index (χ0n) is 12.2. The molecular weight excluding hydrogens is 244 g/mol. The fourth-order valence-corrected chi connectivity index (χ4v) is 1.38. The minimum Gasteiger partial charge on any atom is -0.442 e. The summed E-state index contributed by atoms with van der Waals surface area (Å²) in [7, 11) is 0. The Morgan fingerprint density at radius 2 is 2.00 bits per heavy atom. The molecule has 1 aromatic carbocycles. The van der Waals surface area contributed by atoms with Crippen molar-refractivity contribution in [1.29, 1.82) is 0 Å². The second-order valence-electron chi connectivity index (χ2n) is 5.28. The summed E-state index contributed by atoms with van der Waals surface area (Å²) >= 11 is 0. The van der Waals surface area contributed by atoms with Crippen molar-refractivity contribution in [2.45, 2.75) is 40.2 Å². The average Bonchev–Trinajstić information content (AvgIpc) is 2.28. The number of hydroxylamine groups is 2. The summed E-state index contributed by atoms with van der Waals surface area (Å²) in [6.07, 6.45) is -0.510. The number of carbonyl (C=O) groups excluding carboxylic acids is 1. The van der Waals surface area contributed by atoms with Gasteiger partial charge in [-0.3, -0.25) is 0 Å². The van der Waals surface area contributed by atoms with Gasteiger partial charge < -0.3 is 15.3 Å². The molecule has 0 aliphatic carbocycles. The number of anilines is 1. The minimum absolute atomic E-state index is 0.387. The standard InChI is InChI=1S/C14H22N2O3/c1-6-16(13(17)18-14(3,4)5)19-11-7-8-12(15)10(2)9-11/h7-9H,6,15H2,1-5H3. The van der Waals surface area contributed by atoms with E-state index in [0.717, 1.165) is 5.56 Å². The number of amides is 1. The van der Waals surface area contributed by atoms with Gasteiger partial charge in [0, 0.05) is 5.69 Å². The molecule has 1 amide bonds. The molecular formula is C14H22N2O3. The Kier molecular flexibility index (Phi) is 4.64. The van der Waals surface area contributed by atoms with Crippen LogP contribution in [-0.2, 0) is 4.74 Å². The number of hydrogen-bond donors (Lipinski definition) is 1. The van der Waals surface area contributed by atoms with Crippen LogP contribution in [0.4, 0.5) is 10.5 Å². The quantitative estimate of drug-likeness (QED) is 0.674. The van der Waals surface area contributed by atoms with E-state index in [-0.39, 0.29) is 0 Å². The van der Waals surface area contributed by atoms with Gasteiger partial charge in [0.1, 0.15) is 5.60 Å². The maximum atomic E-state index is 11.9. The topological polar surface area (TPSA) is 64.8 Å². The number of nitrogens with two attached hydrogens (primary N) is 1. The molecule has 0 aliphatic rings. The molecule has 0 unspecified atom stereocenters. The van der Waals surface area contributed by atoms with E-state index in [4.69, 9.17) is 15.3 Å². The first-order valence-electron chi connectivity index (χ1n) is 6.27. The van der Waals surface area contributed by atoms with Crippen molar-refractivity contribution >= 4 is 11.8 Å². The van der Waals surface area contributed by atoms with E-state index in [0.29, 0.717) is 18.0 Å². The third-order valence-electron chi connectivity index (χ3n) is 2.34. The summed E-state index contributed by atoms with van der Waals surface area (Å²) < 4.78 is 5.25. The summed E-state index contributed by atoms with van der Waals surface area (Å²) in [6.45, 7) is 9.52. The lowest BCUT2D eigenvalue weighted by atomic mass is 10.2. The predicted molar refractivity (Wildman–Crippen MR) is 74.8 cm³/mol. The van der Waals surface area contributed by atoms with E-state index in [1.54, 1.807) is 18.2 Å². The number of rotatable bonds is 3. The Morgan fingerprint density at radius 1 is 1.37 bits per heavy atom. The van der Waals surface area contributed by atoms with Gasteiger partial charge in [0.05, 0.1) is 6.54 Å². The first-order chi connectivity index (χ1) is 8.73. The van der Waals surface area contributed by atoms with Crippen molar-refractivity contribution in [1.82, 2.24) is 5.06 Å². The van der Waals surface area contributed by atoms with Crippen molar-refractivity contribution in [3.8, 4) is 5.75 Å². The fourth-order valence-electron chi connectivity index (χ4n) is 1.38. The lowest BCUT2D eigenvalue weighted by Crippen LogP contribution is -2.38. The van der Waals surface area contributed by atoms with Crippen LogP contribution in [0.15, 0.2) is 18.2 Å². The zero-order valence-corrected chi connectivity index (χ0v) is 12.2. The molecule has 5 nitrogen and oxygen atoms in total. The van der Waals surface area contributed by atoms with Crippen LogP contribution in [0.2, 0.25) is 0 Å². The number of ether oxygens (including phenoxy) is 1. The van der Waals surface area contributed by atoms with Gasteiger partial charge in [-0.15, -0.1) is 5.06 Å². The number of nitrogens with zero attached hydrogens (tertiary/aromatic N) is 1. The van der Waals surface area contributed by atoms with Crippen molar-refractivity contribution in [3.63, 3.8) is 0 Å². The molecule has 0 bridgehead atoms. The van der Waals surface area contributed by atoms with E-state index >= 15 is 0 Å². The first kappa shape index (κ1) is 15.1. The van der Waals surface area contributed by atoms with Crippen molar-refractivity contribution < 1.29 is 14.4 Å². The first-order valence-corrected chi connectivity index (χ1v) is 6.27. The van der Waals surface area contributed by atoms with Gasteiger partial charge in [-0.1, -0.05) is 0 Å². The van der Waals surface area contributed by atoms with Gasteiger partial charge in [0.2, 0.25) is 0 Å². The molecule has 0 fully saturated rings. The van der Waals surface area contributed by atoms with Crippen molar-refractivity contribution in [2.75, 3.05) is 12.3 Å². The average molecular weight is 266 g/mol.